The summed E-state index contributed by atoms with van der Waals surface area (Å²) in [6, 6.07) is 1.07. The maximum Gasteiger partial charge on any atom is 0.191 e. The van der Waals surface area contributed by atoms with Gasteiger partial charge < -0.3 is 20.3 Å². The molecule has 1 unspecified atom stereocenters. The monoisotopic (exact) mass is 312 g/mol. The molecule has 0 aromatic carbocycles. The van der Waals surface area contributed by atoms with Gasteiger partial charge in [0.25, 0.3) is 0 Å². The van der Waals surface area contributed by atoms with Crippen LogP contribution < -0.4 is 10.6 Å². The Morgan fingerprint density at radius 1 is 1.32 bits per heavy atom. The Morgan fingerprint density at radius 3 is 2.68 bits per heavy atom. The van der Waals surface area contributed by atoms with Gasteiger partial charge in [0.2, 0.25) is 0 Å². The molecule has 0 radical (unpaired) electrons. The highest BCUT2D eigenvalue weighted by Gasteiger charge is 2.17. The molecule has 5 heteroatoms. The van der Waals surface area contributed by atoms with E-state index in [-0.39, 0.29) is 6.04 Å². The van der Waals surface area contributed by atoms with Crippen molar-refractivity contribution in [1.29, 1.82) is 0 Å². The third kappa shape index (κ3) is 7.99. The van der Waals surface area contributed by atoms with Crippen LogP contribution in [0.2, 0.25) is 0 Å². The molecule has 22 heavy (non-hydrogen) atoms. The van der Waals surface area contributed by atoms with Crippen molar-refractivity contribution < 1.29 is 4.74 Å². The van der Waals surface area contributed by atoms with Gasteiger partial charge in [0.1, 0.15) is 0 Å². The van der Waals surface area contributed by atoms with E-state index >= 15 is 0 Å². The maximum atomic E-state index is 5.15. The minimum Gasteiger partial charge on any atom is -0.383 e. The molecule has 1 rings (SSSR count). The van der Waals surface area contributed by atoms with E-state index in [4.69, 9.17) is 4.74 Å². The van der Waals surface area contributed by atoms with Gasteiger partial charge in [-0.2, -0.15) is 0 Å². The molecule has 0 amide bonds. The van der Waals surface area contributed by atoms with Crippen LogP contribution >= 0.6 is 0 Å². The second-order valence-corrected chi connectivity index (χ2v) is 6.39. The summed E-state index contributed by atoms with van der Waals surface area (Å²) in [6.07, 6.45) is 8.09. The molecule has 2 N–H and O–H groups in total. The van der Waals surface area contributed by atoms with Crippen LogP contribution in [0.4, 0.5) is 0 Å². The fourth-order valence-corrected chi connectivity index (χ4v) is 3.06. The summed E-state index contributed by atoms with van der Waals surface area (Å²) in [7, 11) is 3.99. The van der Waals surface area contributed by atoms with Crippen LogP contribution in [-0.2, 0) is 4.74 Å². The van der Waals surface area contributed by atoms with Crippen LogP contribution in [0.15, 0.2) is 4.99 Å². The van der Waals surface area contributed by atoms with Crippen LogP contribution in [-0.4, -0.2) is 63.3 Å². The summed E-state index contributed by atoms with van der Waals surface area (Å²) in [4.78, 5) is 7.20. The summed E-state index contributed by atoms with van der Waals surface area (Å²) in [6.45, 7) is 7.78. The van der Waals surface area contributed by atoms with Gasteiger partial charge in [-0.1, -0.05) is 19.3 Å². The first-order chi connectivity index (χ1) is 10.7. The molecule has 5 nitrogen and oxygen atoms in total. The van der Waals surface area contributed by atoms with Crippen LogP contribution in [0.25, 0.3) is 0 Å². The van der Waals surface area contributed by atoms with Gasteiger partial charge in [-0.05, 0) is 46.7 Å². The average molecular weight is 313 g/mol. The third-order valence-electron chi connectivity index (χ3n) is 4.28. The van der Waals surface area contributed by atoms with Gasteiger partial charge in [-0.25, -0.2) is 0 Å². The standard InChI is InChI=1S/C17H36N4O/c1-5-18-17(20-15(2)14-22-4)19-12-9-13-21(3)16-10-7-6-8-11-16/h15-16H,5-14H2,1-4H3,(H2,18,19,20). The van der Waals surface area contributed by atoms with E-state index in [0.717, 1.165) is 38.1 Å². The molecule has 0 aromatic heterocycles. The molecule has 0 aromatic rings. The van der Waals surface area contributed by atoms with E-state index in [1.807, 2.05) is 0 Å². The molecule has 1 fully saturated rings. The molecule has 1 saturated carbocycles. The summed E-state index contributed by atoms with van der Waals surface area (Å²) >= 11 is 0. The zero-order chi connectivity index (χ0) is 16.2. The van der Waals surface area contributed by atoms with Gasteiger partial charge in [-0.15, -0.1) is 0 Å². The maximum absolute atomic E-state index is 5.15. The van der Waals surface area contributed by atoms with Gasteiger partial charge >= 0.3 is 0 Å². The SMILES string of the molecule is CCNC(=NCCCN(C)C1CCCCC1)NC(C)COC. The number of guanidine groups is 1. The molecule has 130 valence electrons. The summed E-state index contributed by atoms with van der Waals surface area (Å²) in [5, 5.41) is 6.66. The normalized spacial score (nSPS) is 18.5. The van der Waals surface area contributed by atoms with Crippen molar-refractivity contribution in [3.05, 3.63) is 0 Å². The first-order valence-corrected chi connectivity index (χ1v) is 8.91. The lowest BCUT2D eigenvalue weighted by molar-refractivity contribution is 0.179. The molecule has 0 bridgehead atoms. The van der Waals surface area contributed by atoms with Crippen molar-refractivity contribution in [1.82, 2.24) is 15.5 Å². The highest BCUT2D eigenvalue weighted by atomic mass is 16.5. The van der Waals surface area contributed by atoms with Gasteiger partial charge in [0.05, 0.1) is 6.61 Å². The van der Waals surface area contributed by atoms with E-state index in [1.165, 1.54) is 32.1 Å². The average Bonchev–Trinajstić information content (AvgIpc) is 2.52. The Hall–Kier alpha value is -0.810. The van der Waals surface area contributed by atoms with E-state index in [9.17, 15) is 0 Å². The zero-order valence-electron chi connectivity index (χ0n) is 15.0. The lowest BCUT2D eigenvalue weighted by atomic mass is 9.94. The summed E-state index contributed by atoms with van der Waals surface area (Å²) in [5.41, 5.74) is 0. The van der Waals surface area contributed by atoms with E-state index < -0.39 is 0 Å². The van der Waals surface area contributed by atoms with Crippen LogP contribution in [0, 0.1) is 0 Å². The number of nitrogens with one attached hydrogen (secondary N) is 2. The van der Waals surface area contributed by atoms with Crippen molar-refractivity contribution >= 4 is 5.96 Å². The molecule has 0 saturated heterocycles. The molecule has 1 aliphatic carbocycles. The summed E-state index contributed by atoms with van der Waals surface area (Å²) in [5.74, 6) is 0.896. The Bertz CT molecular complexity index is 303. The number of nitrogens with zero attached hydrogens (tertiary/aromatic N) is 2. The van der Waals surface area contributed by atoms with Crippen molar-refractivity contribution in [3.8, 4) is 0 Å². The molecular weight excluding hydrogens is 276 g/mol. The van der Waals surface area contributed by atoms with Gasteiger partial charge in [0.15, 0.2) is 5.96 Å². The van der Waals surface area contributed by atoms with E-state index in [1.54, 1.807) is 7.11 Å². The Balaban J connectivity index is 2.27. The molecule has 0 spiro atoms. The molecule has 1 atom stereocenters. The van der Waals surface area contributed by atoms with Crippen molar-refractivity contribution in [2.24, 2.45) is 4.99 Å². The first-order valence-electron chi connectivity index (χ1n) is 8.91. The van der Waals surface area contributed by atoms with Crippen molar-refractivity contribution in [3.63, 3.8) is 0 Å². The third-order valence-corrected chi connectivity index (χ3v) is 4.28. The van der Waals surface area contributed by atoms with Crippen LogP contribution in [0.1, 0.15) is 52.4 Å². The molecule has 0 heterocycles. The highest BCUT2D eigenvalue weighted by molar-refractivity contribution is 5.80. The quantitative estimate of drug-likeness (QED) is 0.389. The Morgan fingerprint density at radius 2 is 2.05 bits per heavy atom. The van der Waals surface area contributed by atoms with Crippen molar-refractivity contribution in [2.45, 2.75) is 64.5 Å². The Kier molecular flexibility index (Phi) is 10.2. The van der Waals surface area contributed by atoms with Crippen molar-refractivity contribution in [2.75, 3.05) is 40.4 Å². The second kappa shape index (κ2) is 11.7. The fourth-order valence-electron chi connectivity index (χ4n) is 3.06. The summed E-state index contributed by atoms with van der Waals surface area (Å²) < 4.78 is 5.15. The first kappa shape index (κ1) is 19.2. The number of ether oxygens (including phenoxy) is 1. The number of hydrogen-bond acceptors (Lipinski definition) is 3. The number of hydrogen-bond donors (Lipinski definition) is 2. The minimum absolute atomic E-state index is 0.271. The van der Waals surface area contributed by atoms with Gasteiger partial charge in [-0.3, -0.25) is 4.99 Å². The number of aliphatic imine (C=N–C) groups is 1. The predicted octanol–water partition coefficient (Wildman–Crippen LogP) is 2.23. The van der Waals surface area contributed by atoms with E-state index in [0.29, 0.717) is 6.61 Å². The number of rotatable bonds is 9. The minimum atomic E-state index is 0.271. The largest absolute Gasteiger partial charge is 0.383 e. The smallest absolute Gasteiger partial charge is 0.191 e. The second-order valence-electron chi connectivity index (χ2n) is 6.39. The van der Waals surface area contributed by atoms with E-state index in [2.05, 4.69) is 41.4 Å². The number of methoxy groups -OCH3 is 1. The lowest BCUT2D eigenvalue weighted by Crippen LogP contribution is -2.44. The molecule has 0 aliphatic heterocycles. The molecule has 1 aliphatic rings. The predicted molar refractivity (Wildman–Crippen MR) is 94.6 cm³/mol. The van der Waals surface area contributed by atoms with Crippen LogP contribution in [0.3, 0.4) is 0 Å². The topological polar surface area (TPSA) is 48.9 Å². The Labute approximate surface area is 136 Å². The highest BCUT2D eigenvalue weighted by Crippen LogP contribution is 2.21. The fraction of sp³-hybridized carbons (Fsp3) is 0.941. The van der Waals surface area contributed by atoms with Gasteiger partial charge in [0, 0.05) is 32.3 Å². The lowest BCUT2D eigenvalue weighted by Gasteiger charge is -2.31. The molecular formula is C17H36N4O. The van der Waals surface area contributed by atoms with Crippen LogP contribution in [0.5, 0.6) is 0 Å². The zero-order valence-corrected chi connectivity index (χ0v) is 15.0.